The number of nitrogens with one attached hydrogen (secondary N) is 1. The van der Waals surface area contributed by atoms with Crippen molar-refractivity contribution < 1.29 is 14.7 Å². The van der Waals surface area contributed by atoms with Gasteiger partial charge in [0, 0.05) is 51.9 Å². The average Bonchev–Trinajstić information content (AvgIpc) is 2.76. The minimum Gasteiger partial charge on any atom is -0.508 e. The van der Waals surface area contributed by atoms with Gasteiger partial charge >= 0.3 is 0 Å². The molecule has 2 N–H and O–H groups in total. The summed E-state index contributed by atoms with van der Waals surface area (Å²) in [7, 11) is 0. The van der Waals surface area contributed by atoms with E-state index in [9.17, 15) is 14.7 Å². The minimum absolute atomic E-state index is 0.00975. The lowest BCUT2D eigenvalue weighted by Gasteiger charge is -2.44. The van der Waals surface area contributed by atoms with Crippen molar-refractivity contribution in [2.24, 2.45) is 21.1 Å². The molecule has 2 aromatic carbocycles. The number of ketones is 2. The first-order chi connectivity index (χ1) is 16.9. The number of aromatic hydroxyl groups is 1. The third-order valence-corrected chi connectivity index (χ3v) is 7.40. The number of carbonyl (C=O) groups excluding carboxylic acids is 2. The minimum atomic E-state index is -0.630. The molecule has 5 rings (SSSR count). The van der Waals surface area contributed by atoms with Gasteiger partial charge < -0.3 is 10.4 Å². The molecule has 0 fully saturated rings. The molecule has 186 valence electrons. The lowest BCUT2D eigenvalue weighted by Crippen LogP contribution is -2.42. The van der Waals surface area contributed by atoms with E-state index in [2.05, 4.69) is 43.2 Å². The third-order valence-electron chi connectivity index (χ3n) is 7.15. The Hall–Kier alpha value is -3.25. The van der Waals surface area contributed by atoms with Crippen LogP contribution in [0, 0.1) is 10.8 Å². The molecule has 0 spiro atoms. The van der Waals surface area contributed by atoms with Crippen molar-refractivity contribution in [3.05, 3.63) is 75.6 Å². The van der Waals surface area contributed by atoms with Gasteiger partial charge in [-0.25, -0.2) is 0 Å². The Morgan fingerprint density at radius 1 is 0.806 bits per heavy atom. The van der Waals surface area contributed by atoms with E-state index >= 15 is 0 Å². The Kier molecular flexibility index (Phi) is 5.91. The standard InChI is InChI=1S/C29H30ClN3O3/c1-28(2)12-20-26(23(35)14-28)25(27-21(31-20)13-29(3,4)15-24(27)36)19-11-18(9-10-22(19)34)33-32-17-7-5-16(30)6-8-17/h5-11,25,31,34H,12-15H2,1-4H3. The summed E-state index contributed by atoms with van der Waals surface area (Å²) in [5, 5.41) is 23.7. The molecule has 2 aromatic rings. The van der Waals surface area contributed by atoms with Crippen molar-refractivity contribution in [1.82, 2.24) is 5.32 Å². The normalized spacial score (nSPS) is 21.5. The lowest BCUT2D eigenvalue weighted by atomic mass is 9.64. The zero-order chi connectivity index (χ0) is 25.8. The predicted octanol–water partition coefficient (Wildman–Crippen LogP) is 7.43. The van der Waals surface area contributed by atoms with E-state index < -0.39 is 5.92 Å². The maximum absolute atomic E-state index is 13.5. The monoisotopic (exact) mass is 503 g/mol. The van der Waals surface area contributed by atoms with Crippen LogP contribution in [-0.2, 0) is 9.59 Å². The van der Waals surface area contributed by atoms with Crippen LogP contribution in [-0.4, -0.2) is 16.7 Å². The molecule has 7 heteroatoms. The van der Waals surface area contributed by atoms with Gasteiger partial charge in [-0.1, -0.05) is 39.3 Å². The molecule has 0 atom stereocenters. The van der Waals surface area contributed by atoms with Crippen LogP contribution in [0.15, 0.2) is 75.2 Å². The van der Waals surface area contributed by atoms with Gasteiger partial charge in [0.2, 0.25) is 0 Å². The quantitative estimate of drug-likeness (QED) is 0.426. The van der Waals surface area contributed by atoms with Gasteiger partial charge in [-0.05, 0) is 66.1 Å². The molecule has 0 amide bonds. The van der Waals surface area contributed by atoms with Crippen molar-refractivity contribution in [3.63, 3.8) is 0 Å². The number of dihydropyridines is 1. The highest BCUT2D eigenvalue weighted by Crippen LogP contribution is 2.52. The van der Waals surface area contributed by atoms with E-state index in [1.165, 1.54) is 0 Å². The topological polar surface area (TPSA) is 91.1 Å². The zero-order valence-corrected chi connectivity index (χ0v) is 21.7. The van der Waals surface area contributed by atoms with Gasteiger partial charge in [0.05, 0.1) is 11.4 Å². The van der Waals surface area contributed by atoms with Gasteiger partial charge in [-0.2, -0.15) is 10.2 Å². The Labute approximate surface area is 216 Å². The lowest BCUT2D eigenvalue weighted by molar-refractivity contribution is -0.119. The number of Topliss-reactive ketones (excluding diaryl/α,β-unsaturated/α-hetero) is 2. The number of rotatable bonds is 3. The first-order valence-corrected chi connectivity index (χ1v) is 12.6. The van der Waals surface area contributed by atoms with E-state index in [0.29, 0.717) is 58.8 Å². The summed E-state index contributed by atoms with van der Waals surface area (Å²) >= 11 is 5.95. The molecule has 0 aromatic heterocycles. The molecule has 2 aliphatic carbocycles. The van der Waals surface area contributed by atoms with Crippen LogP contribution in [0.3, 0.4) is 0 Å². The Morgan fingerprint density at radius 2 is 1.31 bits per heavy atom. The number of azo groups is 1. The summed E-state index contributed by atoms with van der Waals surface area (Å²) in [6.45, 7) is 8.34. The van der Waals surface area contributed by atoms with Crippen LogP contribution in [0.4, 0.5) is 11.4 Å². The van der Waals surface area contributed by atoms with Gasteiger partial charge in [0.15, 0.2) is 11.6 Å². The fourth-order valence-electron chi connectivity index (χ4n) is 5.66. The van der Waals surface area contributed by atoms with Crippen molar-refractivity contribution in [1.29, 1.82) is 0 Å². The van der Waals surface area contributed by atoms with Crippen LogP contribution in [0.1, 0.15) is 64.9 Å². The fraction of sp³-hybridized carbons (Fsp3) is 0.379. The van der Waals surface area contributed by atoms with E-state index in [0.717, 1.165) is 11.4 Å². The Balaban J connectivity index is 1.63. The molecule has 3 aliphatic rings. The van der Waals surface area contributed by atoms with Gasteiger partial charge in [0.1, 0.15) is 5.75 Å². The van der Waals surface area contributed by atoms with E-state index in [1.54, 1.807) is 42.5 Å². The summed E-state index contributed by atoms with van der Waals surface area (Å²) in [6.07, 6.45) is 2.19. The smallest absolute Gasteiger partial charge is 0.162 e. The SMILES string of the molecule is CC1(C)CC(=O)C2=C(C1)NC1=C(C(=O)CC(C)(C)C1)C2c1cc(N=Nc2ccc(Cl)cc2)ccc1O. The first kappa shape index (κ1) is 24.4. The number of phenols is 1. The van der Waals surface area contributed by atoms with Crippen LogP contribution < -0.4 is 5.32 Å². The second-order valence-corrected chi connectivity index (χ2v) is 12.1. The second-order valence-electron chi connectivity index (χ2n) is 11.6. The Morgan fingerprint density at radius 3 is 1.86 bits per heavy atom. The third kappa shape index (κ3) is 4.62. The zero-order valence-electron chi connectivity index (χ0n) is 21.0. The molecule has 0 saturated carbocycles. The summed E-state index contributed by atoms with van der Waals surface area (Å²) in [4.78, 5) is 27.0. The molecule has 1 aliphatic heterocycles. The number of nitrogens with zero attached hydrogens (tertiary/aromatic N) is 2. The average molecular weight is 504 g/mol. The highest BCUT2D eigenvalue weighted by atomic mass is 35.5. The number of hydrogen-bond acceptors (Lipinski definition) is 6. The van der Waals surface area contributed by atoms with Gasteiger partial charge in [-0.15, -0.1) is 0 Å². The predicted molar refractivity (Wildman–Crippen MR) is 140 cm³/mol. The number of halogens is 1. The van der Waals surface area contributed by atoms with E-state index in [1.807, 2.05) is 0 Å². The highest BCUT2D eigenvalue weighted by molar-refractivity contribution is 6.30. The number of hydrogen-bond donors (Lipinski definition) is 2. The maximum Gasteiger partial charge on any atom is 0.162 e. The van der Waals surface area contributed by atoms with Crippen LogP contribution in [0.5, 0.6) is 5.75 Å². The van der Waals surface area contributed by atoms with Crippen molar-refractivity contribution >= 4 is 34.5 Å². The number of allylic oxidation sites excluding steroid dienone is 4. The van der Waals surface area contributed by atoms with Crippen molar-refractivity contribution in [3.8, 4) is 5.75 Å². The maximum atomic E-state index is 13.5. The highest BCUT2D eigenvalue weighted by Gasteiger charge is 2.47. The van der Waals surface area contributed by atoms with E-state index in [4.69, 9.17) is 11.6 Å². The number of phenolic OH excluding ortho intramolecular Hbond substituents is 1. The summed E-state index contributed by atoms with van der Waals surface area (Å²) in [6, 6.07) is 12.0. The summed E-state index contributed by atoms with van der Waals surface area (Å²) in [5.41, 5.74) is 4.19. The molecule has 0 unspecified atom stereocenters. The molecule has 6 nitrogen and oxygen atoms in total. The molecular formula is C29H30ClN3O3. The molecule has 0 bridgehead atoms. The van der Waals surface area contributed by atoms with Crippen molar-refractivity contribution in [2.45, 2.75) is 59.3 Å². The molecular weight excluding hydrogens is 474 g/mol. The molecule has 36 heavy (non-hydrogen) atoms. The van der Waals surface area contributed by atoms with Crippen LogP contribution in [0.2, 0.25) is 5.02 Å². The second kappa shape index (κ2) is 8.70. The molecule has 1 heterocycles. The van der Waals surface area contributed by atoms with Crippen LogP contribution >= 0.6 is 11.6 Å². The van der Waals surface area contributed by atoms with E-state index in [-0.39, 0.29) is 28.1 Å². The number of carbonyl (C=O) groups is 2. The summed E-state index contributed by atoms with van der Waals surface area (Å²) < 4.78 is 0. The van der Waals surface area contributed by atoms with Gasteiger partial charge in [-0.3, -0.25) is 9.59 Å². The van der Waals surface area contributed by atoms with Gasteiger partial charge in [0.25, 0.3) is 0 Å². The molecule has 0 radical (unpaired) electrons. The largest absolute Gasteiger partial charge is 0.508 e. The summed E-state index contributed by atoms with van der Waals surface area (Å²) in [5.74, 6) is -0.582. The van der Waals surface area contributed by atoms with Crippen LogP contribution in [0.25, 0.3) is 0 Å². The first-order valence-electron chi connectivity index (χ1n) is 12.2. The number of benzene rings is 2. The van der Waals surface area contributed by atoms with Crippen molar-refractivity contribution in [2.75, 3.05) is 0 Å². The fourth-order valence-corrected chi connectivity index (χ4v) is 5.78. The Bertz CT molecular complexity index is 1310. The molecule has 0 saturated heterocycles.